The molecule has 0 aliphatic carbocycles. The maximum atomic E-state index is 5.86. The summed E-state index contributed by atoms with van der Waals surface area (Å²) in [6, 6.07) is 11.9. The Morgan fingerprint density at radius 1 is 1.28 bits per heavy atom. The largest absolute Gasteiger partial charge is 0.487 e. The highest BCUT2D eigenvalue weighted by Gasteiger charge is 2.01. The van der Waals surface area contributed by atoms with Crippen molar-refractivity contribution >= 4 is 40.3 Å². The van der Waals surface area contributed by atoms with Crippen molar-refractivity contribution in [3.8, 4) is 5.75 Å². The number of pyridine rings is 1. The summed E-state index contributed by atoms with van der Waals surface area (Å²) in [4.78, 5) is 4.12. The number of benzene rings is 1. The minimum atomic E-state index is 0.493. The van der Waals surface area contributed by atoms with Crippen LogP contribution in [0.2, 0.25) is 5.02 Å². The first-order chi connectivity index (χ1) is 8.75. The maximum Gasteiger partial charge on any atom is 0.153 e. The zero-order valence-electron chi connectivity index (χ0n) is 9.51. The number of halogens is 2. The smallest absolute Gasteiger partial charge is 0.153 e. The summed E-state index contributed by atoms with van der Waals surface area (Å²) in [7, 11) is 0. The van der Waals surface area contributed by atoms with Gasteiger partial charge in [-0.05, 0) is 34.2 Å². The number of rotatable bonds is 4. The highest BCUT2D eigenvalue weighted by molar-refractivity contribution is 14.1. The van der Waals surface area contributed by atoms with Crippen molar-refractivity contribution in [2.24, 2.45) is 0 Å². The molecule has 0 N–H and O–H groups in total. The minimum absolute atomic E-state index is 0.493. The quantitative estimate of drug-likeness (QED) is 0.586. The summed E-state index contributed by atoms with van der Waals surface area (Å²) >= 11 is 7.98. The number of ether oxygens (including phenoxy) is 1. The van der Waals surface area contributed by atoms with Crippen LogP contribution in [0.1, 0.15) is 5.56 Å². The van der Waals surface area contributed by atoms with Crippen LogP contribution in [-0.4, -0.2) is 11.6 Å². The number of aromatic nitrogens is 1. The Bertz CT molecular complexity index is 543. The van der Waals surface area contributed by atoms with Crippen LogP contribution >= 0.6 is 34.2 Å². The van der Waals surface area contributed by atoms with Crippen LogP contribution in [0.3, 0.4) is 0 Å². The van der Waals surface area contributed by atoms with E-state index < -0.39 is 0 Å². The van der Waals surface area contributed by atoms with Crippen LogP contribution in [0.15, 0.2) is 48.7 Å². The van der Waals surface area contributed by atoms with Gasteiger partial charge in [0.05, 0.1) is 5.02 Å². The molecule has 2 rings (SSSR count). The predicted molar refractivity (Wildman–Crippen MR) is 82.9 cm³/mol. The van der Waals surface area contributed by atoms with Crippen LogP contribution in [0.4, 0.5) is 0 Å². The lowest BCUT2D eigenvalue weighted by molar-refractivity contribution is 0.359. The zero-order chi connectivity index (χ0) is 12.8. The molecule has 0 fully saturated rings. The first kappa shape index (κ1) is 13.4. The predicted octanol–water partition coefficient (Wildman–Crippen LogP) is 4.43. The van der Waals surface area contributed by atoms with Gasteiger partial charge in [0.25, 0.3) is 0 Å². The molecule has 1 aromatic heterocycles. The van der Waals surface area contributed by atoms with Gasteiger partial charge in [0.15, 0.2) is 5.75 Å². The van der Waals surface area contributed by atoms with Crippen LogP contribution in [0, 0.1) is 3.70 Å². The van der Waals surface area contributed by atoms with Gasteiger partial charge in [0.1, 0.15) is 10.3 Å². The van der Waals surface area contributed by atoms with Gasteiger partial charge in [0.2, 0.25) is 0 Å². The maximum absolute atomic E-state index is 5.86. The molecule has 1 heterocycles. The monoisotopic (exact) mass is 371 g/mol. The van der Waals surface area contributed by atoms with Crippen LogP contribution in [0.5, 0.6) is 5.75 Å². The molecule has 0 saturated heterocycles. The second kappa shape index (κ2) is 6.75. The summed E-state index contributed by atoms with van der Waals surface area (Å²) in [5, 5.41) is 0.581. The third kappa shape index (κ3) is 3.99. The van der Waals surface area contributed by atoms with Crippen molar-refractivity contribution in [3.05, 3.63) is 63.0 Å². The molecule has 0 radical (unpaired) electrons. The average molecular weight is 372 g/mol. The van der Waals surface area contributed by atoms with E-state index in [9.17, 15) is 0 Å². The lowest BCUT2D eigenvalue weighted by Crippen LogP contribution is -1.96. The molecule has 0 amide bonds. The number of nitrogens with zero attached hydrogens (tertiary/aromatic N) is 1. The first-order valence-corrected chi connectivity index (χ1v) is 6.87. The normalized spacial score (nSPS) is 10.8. The third-order valence-corrected chi connectivity index (χ3v) is 3.24. The van der Waals surface area contributed by atoms with Gasteiger partial charge in [-0.25, -0.2) is 4.98 Å². The highest BCUT2D eigenvalue weighted by atomic mass is 127. The fourth-order valence-corrected chi connectivity index (χ4v) is 1.99. The number of hydrogen-bond acceptors (Lipinski definition) is 2. The van der Waals surface area contributed by atoms with E-state index in [-0.39, 0.29) is 0 Å². The van der Waals surface area contributed by atoms with E-state index in [2.05, 4.69) is 27.6 Å². The number of hydrogen-bond donors (Lipinski definition) is 0. The van der Waals surface area contributed by atoms with Gasteiger partial charge >= 0.3 is 0 Å². The Morgan fingerprint density at radius 2 is 2.06 bits per heavy atom. The molecule has 1 aromatic carbocycles. The second-order valence-electron chi connectivity index (χ2n) is 3.57. The van der Waals surface area contributed by atoms with Crippen LogP contribution in [0.25, 0.3) is 6.08 Å². The Kier molecular flexibility index (Phi) is 5.01. The molecular weight excluding hydrogens is 361 g/mol. The van der Waals surface area contributed by atoms with E-state index in [4.69, 9.17) is 16.3 Å². The average Bonchev–Trinajstić information content (AvgIpc) is 2.40. The van der Waals surface area contributed by atoms with Crippen molar-refractivity contribution in [1.82, 2.24) is 4.98 Å². The molecule has 4 heteroatoms. The fraction of sp³-hybridized carbons (Fsp3) is 0.0714. The van der Waals surface area contributed by atoms with Gasteiger partial charge in [-0.2, -0.15) is 0 Å². The molecule has 0 spiro atoms. The molecule has 92 valence electrons. The Labute approximate surface area is 125 Å². The second-order valence-corrected chi connectivity index (χ2v) is 5.02. The molecule has 0 saturated carbocycles. The molecule has 0 aliphatic rings. The van der Waals surface area contributed by atoms with E-state index in [1.807, 2.05) is 42.5 Å². The molecular formula is C14H11ClINO. The fourth-order valence-electron chi connectivity index (χ4n) is 1.39. The van der Waals surface area contributed by atoms with Crippen molar-refractivity contribution in [1.29, 1.82) is 0 Å². The summed E-state index contributed by atoms with van der Waals surface area (Å²) in [5.41, 5.74) is 1.15. The molecule has 2 nitrogen and oxygen atoms in total. The van der Waals surface area contributed by atoms with Crippen molar-refractivity contribution in [2.75, 3.05) is 6.61 Å². The van der Waals surface area contributed by atoms with Crippen molar-refractivity contribution < 1.29 is 4.74 Å². The first-order valence-electron chi connectivity index (χ1n) is 5.41. The highest BCUT2D eigenvalue weighted by Crippen LogP contribution is 2.22. The summed E-state index contributed by atoms with van der Waals surface area (Å²) in [5.74, 6) is 0.709. The van der Waals surface area contributed by atoms with Crippen LogP contribution in [-0.2, 0) is 0 Å². The van der Waals surface area contributed by atoms with E-state index in [0.717, 1.165) is 9.26 Å². The van der Waals surface area contributed by atoms with Gasteiger partial charge in [0, 0.05) is 12.3 Å². The van der Waals surface area contributed by atoms with Gasteiger partial charge < -0.3 is 4.74 Å². The van der Waals surface area contributed by atoms with E-state index in [1.54, 1.807) is 12.3 Å². The minimum Gasteiger partial charge on any atom is -0.487 e. The Balaban J connectivity index is 1.92. The summed E-state index contributed by atoms with van der Waals surface area (Å²) < 4.78 is 6.41. The molecule has 0 aliphatic heterocycles. The lowest BCUT2D eigenvalue weighted by atomic mass is 10.2. The molecule has 0 bridgehead atoms. The standard InChI is InChI=1S/C14H11ClINO/c15-12-9-13(14(16)17-10-12)18-8-4-7-11-5-2-1-3-6-11/h1-7,9-10H,8H2/b7-4+. The molecule has 0 unspecified atom stereocenters. The molecule has 18 heavy (non-hydrogen) atoms. The Morgan fingerprint density at radius 3 is 2.83 bits per heavy atom. The van der Waals surface area contributed by atoms with Crippen LogP contribution < -0.4 is 4.74 Å². The topological polar surface area (TPSA) is 22.1 Å². The molecule has 2 aromatic rings. The van der Waals surface area contributed by atoms with Gasteiger partial charge in [-0.15, -0.1) is 0 Å². The van der Waals surface area contributed by atoms with Crippen molar-refractivity contribution in [2.45, 2.75) is 0 Å². The van der Waals surface area contributed by atoms with Crippen molar-refractivity contribution in [3.63, 3.8) is 0 Å². The van der Waals surface area contributed by atoms with E-state index >= 15 is 0 Å². The molecule has 0 atom stereocenters. The zero-order valence-corrected chi connectivity index (χ0v) is 12.4. The van der Waals surface area contributed by atoms with Gasteiger partial charge in [-0.1, -0.05) is 48.0 Å². The van der Waals surface area contributed by atoms with E-state index in [0.29, 0.717) is 17.4 Å². The summed E-state index contributed by atoms with van der Waals surface area (Å²) in [6.45, 7) is 0.493. The summed E-state index contributed by atoms with van der Waals surface area (Å²) in [6.07, 6.45) is 5.59. The lowest BCUT2D eigenvalue weighted by Gasteiger charge is -2.05. The third-order valence-electron chi connectivity index (χ3n) is 2.22. The van der Waals surface area contributed by atoms with E-state index in [1.165, 1.54) is 0 Å². The van der Waals surface area contributed by atoms with Gasteiger partial charge in [-0.3, -0.25) is 0 Å². The SMILES string of the molecule is Clc1cnc(I)c(OC/C=C/c2ccccc2)c1. The Hall–Kier alpha value is -1.07.